The number of aryl methyl sites for hydroxylation is 2. The molecular formula is C22H26FeN4. The molecular weight excluding hydrogens is 376 g/mol. The molecule has 2 aromatic heterocycles. The predicted molar refractivity (Wildman–Crippen MR) is 107 cm³/mol. The molecule has 4 nitrogen and oxygen atoms in total. The maximum atomic E-state index is 4.47. The third-order valence-electron chi connectivity index (χ3n) is 4.43. The topological polar surface area (TPSA) is 41.0 Å². The van der Waals surface area contributed by atoms with Crippen molar-refractivity contribution in [2.75, 3.05) is 18.4 Å². The zero-order valence-corrected chi connectivity index (χ0v) is 17.0. The van der Waals surface area contributed by atoms with Gasteiger partial charge in [0.2, 0.25) is 0 Å². The Morgan fingerprint density at radius 1 is 0.778 bits per heavy atom. The van der Waals surface area contributed by atoms with Gasteiger partial charge in [0, 0.05) is 61.3 Å². The summed E-state index contributed by atoms with van der Waals surface area (Å²) >= 11 is 0. The maximum Gasteiger partial charge on any atom is 0.0544 e. The zero-order chi connectivity index (χ0) is 18.2. The second kappa shape index (κ2) is 10.8. The molecule has 27 heavy (non-hydrogen) atoms. The van der Waals surface area contributed by atoms with Crippen molar-refractivity contribution in [1.29, 1.82) is 0 Å². The van der Waals surface area contributed by atoms with E-state index >= 15 is 0 Å². The summed E-state index contributed by atoms with van der Waals surface area (Å²) in [6, 6.07) is 18.5. The number of aromatic nitrogens is 2. The number of hydrogen-bond donors (Lipinski definition) is 1. The number of nitrogens with zero attached hydrogens (tertiary/aromatic N) is 3. The Balaban J connectivity index is 0.00000261. The van der Waals surface area contributed by atoms with Gasteiger partial charge in [-0.1, -0.05) is 30.3 Å². The van der Waals surface area contributed by atoms with Crippen LogP contribution in [0.5, 0.6) is 0 Å². The van der Waals surface area contributed by atoms with Crippen LogP contribution in [-0.4, -0.2) is 28.0 Å². The van der Waals surface area contributed by atoms with Crippen LogP contribution in [0.2, 0.25) is 0 Å². The Morgan fingerprint density at radius 3 is 1.81 bits per heavy atom. The SMILES string of the molecule is Cc1cccc(C)c1NCCN(Cc1ccccn1)Cc1ccccn1.[Fe]. The average molecular weight is 402 g/mol. The molecule has 142 valence electrons. The fourth-order valence-electron chi connectivity index (χ4n) is 3.09. The molecule has 0 atom stereocenters. The van der Waals surface area contributed by atoms with E-state index in [4.69, 9.17) is 0 Å². The van der Waals surface area contributed by atoms with E-state index < -0.39 is 0 Å². The molecule has 0 radical (unpaired) electrons. The number of hydrogen-bond acceptors (Lipinski definition) is 4. The van der Waals surface area contributed by atoms with Crippen molar-refractivity contribution in [3.8, 4) is 0 Å². The number of nitrogens with one attached hydrogen (secondary N) is 1. The normalized spacial score (nSPS) is 10.5. The van der Waals surface area contributed by atoms with E-state index in [2.05, 4.69) is 64.4 Å². The van der Waals surface area contributed by atoms with Crippen LogP contribution in [0.25, 0.3) is 0 Å². The molecule has 0 aliphatic carbocycles. The number of benzene rings is 1. The van der Waals surface area contributed by atoms with Gasteiger partial charge >= 0.3 is 0 Å². The summed E-state index contributed by atoms with van der Waals surface area (Å²) in [6.45, 7) is 7.72. The molecule has 0 aliphatic rings. The van der Waals surface area contributed by atoms with Crippen LogP contribution < -0.4 is 5.32 Å². The molecule has 5 heteroatoms. The van der Waals surface area contributed by atoms with E-state index in [1.165, 1.54) is 16.8 Å². The van der Waals surface area contributed by atoms with Crippen LogP contribution >= 0.6 is 0 Å². The van der Waals surface area contributed by atoms with Crippen LogP contribution in [0.1, 0.15) is 22.5 Å². The first-order valence-electron chi connectivity index (χ1n) is 9.04. The third-order valence-corrected chi connectivity index (χ3v) is 4.43. The Bertz CT molecular complexity index is 747. The summed E-state index contributed by atoms with van der Waals surface area (Å²) in [7, 11) is 0. The summed E-state index contributed by atoms with van der Waals surface area (Å²) in [5.74, 6) is 0. The van der Waals surface area contributed by atoms with E-state index in [1.54, 1.807) is 0 Å². The second-order valence-corrected chi connectivity index (χ2v) is 6.55. The van der Waals surface area contributed by atoms with E-state index in [0.29, 0.717) is 0 Å². The van der Waals surface area contributed by atoms with Crippen LogP contribution in [0, 0.1) is 13.8 Å². The number of para-hydroxylation sites is 1. The quantitative estimate of drug-likeness (QED) is 0.574. The molecule has 0 unspecified atom stereocenters. The molecule has 2 heterocycles. The Kier molecular flexibility index (Phi) is 8.46. The van der Waals surface area contributed by atoms with Crippen LogP contribution in [0.15, 0.2) is 67.0 Å². The van der Waals surface area contributed by atoms with Gasteiger partial charge in [0.25, 0.3) is 0 Å². The number of rotatable bonds is 8. The van der Waals surface area contributed by atoms with Gasteiger partial charge in [0.15, 0.2) is 0 Å². The summed E-state index contributed by atoms with van der Waals surface area (Å²) < 4.78 is 0. The molecule has 0 aliphatic heterocycles. The molecule has 1 aromatic carbocycles. The van der Waals surface area contributed by atoms with Gasteiger partial charge in [-0.3, -0.25) is 14.9 Å². The molecule has 0 saturated carbocycles. The fourth-order valence-corrected chi connectivity index (χ4v) is 3.09. The summed E-state index contributed by atoms with van der Waals surface area (Å²) in [5.41, 5.74) is 5.96. The smallest absolute Gasteiger partial charge is 0.0544 e. The third kappa shape index (κ3) is 6.47. The molecule has 1 N–H and O–H groups in total. The van der Waals surface area contributed by atoms with Gasteiger partial charge in [0.05, 0.1) is 11.4 Å². The first-order valence-corrected chi connectivity index (χ1v) is 9.04. The van der Waals surface area contributed by atoms with Gasteiger partial charge in [-0.25, -0.2) is 0 Å². The average Bonchev–Trinajstić information content (AvgIpc) is 2.66. The van der Waals surface area contributed by atoms with E-state index in [-0.39, 0.29) is 17.1 Å². The second-order valence-electron chi connectivity index (χ2n) is 6.55. The molecule has 0 saturated heterocycles. The zero-order valence-electron chi connectivity index (χ0n) is 15.9. The molecule has 0 fully saturated rings. The summed E-state index contributed by atoms with van der Waals surface area (Å²) in [5, 5.41) is 3.60. The molecule has 0 bridgehead atoms. The Labute approximate surface area is 172 Å². The Morgan fingerprint density at radius 2 is 1.33 bits per heavy atom. The van der Waals surface area contributed by atoms with E-state index in [0.717, 1.165) is 37.6 Å². The van der Waals surface area contributed by atoms with Crippen molar-refractivity contribution in [3.63, 3.8) is 0 Å². The van der Waals surface area contributed by atoms with Gasteiger partial charge < -0.3 is 5.32 Å². The Hall–Kier alpha value is -2.20. The van der Waals surface area contributed by atoms with Gasteiger partial charge in [-0.15, -0.1) is 0 Å². The van der Waals surface area contributed by atoms with Crippen molar-refractivity contribution >= 4 is 5.69 Å². The fraction of sp³-hybridized carbons (Fsp3) is 0.273. The van der Waals surface area contributed by atoms with Gasteiger partial charge in [0.1, 0.15) is 0 Å². The minimum Gasteiger partial charge on any atom is -0.383 e. The first-order chi connectivity index (χ1) is 12.7. The van der Waals surface area contributed by atoms with Crippen LogP contribution in [0.4, 0.5) is 5.69 Å². The molecule has 3 rings (SSSR count). The largest absolute Gasteiger partial charge is 0.383 e. The maximum absolute atomic E-state index is 4.47. The number of pyridine rings is 2. The van der Waals surface area contributed by atoms with Crippen molar-refractivity contribution in [1.82, 2.24) is 14.9 Å². The summed E-state index contributed by atoms with van der Waals surface area (Å²) in [6.07, 6.45) is 3.70. The first kappa shape index (κ1) is 21.1. The molecule has 0 amide bonds. The number of anilines is 1. The monoisotopic (exact) mass is 402 g/mol. The molecule has 0 spiro atoms. The van der Waals surface area contributed by atoms with Gasteiger partial charge in [-0.2, -0.15) is 0 Å². The predicted octanol–water partition coefficient (Wildman–Crippen LogP) is 4.21. The van der Waals surface area contributed by atoms with Crippen molar-refractivity contribution in [2.45, 2.75) is 26.9 Å². The minimum absolute atomic E-state index is 0. The van der Waals surface area contributed by atoms with Crippen molar-refractivity contribution in [2.24, 2.45) is 0 Å². The van der Waals surface area contributed by atoms with Crippen molar-refractivity contribution < 1.29 is 17.1 Å². The molecule has 3 aromatic rings. The van der Waals surface area contributed by atoms with E-state index in [9.17, 15) is 0 Å². The standard InChI is InChI=1S/C22H26N4.Fe/c1-18-8-7-9-19(2)22(18)25-14-15-26(16-20-10-3-5-12-23-20)17-21-11-4-6-13-24-21;/h3-13,25H,14-17H2,1-2H3;. The van der Waals surface area contributed by atoms with E-state index in [1.807, 2.05) is 36.7 Å². The van der Waals surface area contributed by atoms with Crippen molar-refractivity contribution in [3.05, 3.63) is 89.5 Å². The minimum atomic E-state index is 0. The van der Waals surface area contributed by atoms with Crippen LogP contribution in [-0.2, 0) is 30.2 Å². The van der Waals surface area contributed by atoms with Crippen LogP contribution in [0.3, 0.4) is 0 Å². The van der Waals surface area contributed by atoms with Gasteiger partial charge in [-0.05, 0) is 49.2 Å². The summed E-state index contributed by atoms with van der Waals surface area (Å²) in [4.78, 5) is 11.3.